The molecule has 102 valence electrons. The average molecular weight is 284 g/mol. The molecule has 0 radical (unpaired) electrons. The maximum absolute atomic E-state index is 9.60. The molecule has 0 amide bonds. The number of hydrogen-bond donors (Lipinski definition) is 2. The number of nitrogens with two attached hydrogens (primary N) is 1. The van der Waals surface area contributed by atoms with Gasteiger partial charge in [-0.1, -0.05) is 30.0 Å². The van der Waals surface area contributed by atoms with Gasteiger partial charge in [-0.2, -0.15) is 0 Å². The lowest BCUT2D eigenvalue weighted by Crippen LogP contribution is -2.04. The molecule has 0 saturated heterocycles. The van der Waals surface area contributed by atoms with Crippen molar-refractivity contribution in [3.8, 4) is 5.75 Å². The number of hydrogen-bond acceptors (Lipinski definition) is 4. The summed E-state index contributed by atoms with van der Waals surface area (Å²) in [5.41, 5.74) is 9.07. The first kappa shape index (κ1) is 13.2. The highest BCUT2D eigenvalue weighted by molar-refractivity contribution is 8.03. The Kier molecular flexibility index (Phi) is 3.76. The van der Waals surface area contributed by atoms with Crippen LogP contribution in [0.5, 0.6) is 5.75 Å². The predicted octanol–water partition coefficient (Wildman–Crippen LogP) is 3.17. The third kappa shape index (κ3) is 2.57. The van der Waals surface area contributed by atoms with Crippen molar-refractivity contribution in [3.63, 3.8) is 0 Å². The molecule has 0 bridgehead atoms. The normalized spacial score (nSPS) is 16.6. The van der Waals surface area contributed by atoms with E-state index in [9.17, 15) is 5.11 Å². The van der Waals surface area contributed by atoms with Crippen molar-refractivity contribution in [2.75, 3.05) is 6.54 Å². The molecule has 1 aromatic carbocycles. The maximum Gasteiger partial charge on any atom is 0.115 e. The van der Waals surface area contributed by atoms with Gasteiger partial charge in [-0.25, -0.2) is 0 Å². The molecular weight excluding hydrogens is 268 g/mol. The van der Waals surface area contributed by atoms with Crippen molar-refractivity contribution in [1.29, 1.82) is 0 Å². The highest BCUT2D eigenvalue weighted by Crippen LogP contribution is 2.39. The number of phenolic OH excluding ortho intramolecular Hbond substituents is 1. The summed E-state index contributed by atoms with van der Waals surface area (Å²) in [6.45, 7) is 0.573. The second kappa shape index (κ2) is 5.69. The van der Waals surface area contributed by atoms with Gasteiger partial charge in [-0.05, 0) is 36.7 Å². The van der Waals surface area contributed by atoms with Crippen LogP contribution in [-0.2, 0) is 6.42 Å². The Morgan fingerprint density at radius 2 is 2.25 bits per heavy atom. The summed E-state index contributed by atoms with van der Waals surface area (Å²) in [4.78, 5) is 6.76. The highest BCUT2D eigenvalue weighted by atomic mass is 32.2. The van der Waals surface area contributed by atoms with Crippen LogP contribution in [0, 0.1) is 0 Å². The van der Waals surface area contributed by atoms with E-state index < -0.39 is 0 Å². The van der Waals surface area contributed by atoms with Crippen molar-refractivity contribution < 1.29 is 5.11 Å². The maximum atomic E-state index is 9.60. The number of aliphatic imine (C=N–C) groups is 1. The molecule has 2 aliphatic rings. The number of phenols is 1. The smallest absolute Gasteiger partial charge is 0.115 e. The van der Waals surface area contributed by atoms with Gasteiger partial charge in [0.25, 0.3) is 0 Å². The zero-order valence-electron chi connectivity index (χ0n) is 11.0. The molecule has 0 spiro atoms. The summed E-state index contributed by atoms with van der Waals surface area (Å²) < 4.78 is 0. The Bertz CT molecular complexity index is 656. The van der Waals surface area contributed by atoms with E-state index in [-0.39, 0.29) is 5.75 Å². The first-order valence-corrected chi connectivity index (χ1v) is 7.44. The summed E-state index contributed by atoms with van der Waals surface area (Å²) in [6, 6.07) is 5.46. The fourth-order valence-corrected chi connectivity index (χ4v) is 3.39. The topological polar surface area (TPSA) is 58.6 Å². The van der Waals surface area contributed by atoms with Gasteiger partial charge in [-0.15, -0.1) is 0 Å². The quantitative estimate of drug-likeness (QED) is 0.893. The van der Waals surface area contributed by atoms with E-state index in [0.29, 0.717) is 6.54 Å². The second-order valence-corrected chi connectivity index (χ2v) is 5.80. The largest absolute Gasteiger partial charge is 0.508 e. The third-order valence-corrected chi connectivity index (χ3v) is 4.47. The summed E-state index contributed by atoms with van der Waals surface area (Å²) in [5.74, 6) is 0.287. The SMILES string of the molecule is NCCc1cc(O)ccc1SC1=CN=C2CC=CC=C12. The summed E-state index contributed by atoms with van der Waals surface area (Å²) in [5, 5.41) is 9.60. The van der Waals surface area contributed by atoms with Gasteiger partial charge in [0.1, 0.15) is 5.75 Å². The summed E-state index contributed by atoms with van der Waals surface area (Å²) in [6.07, 6.45) is 9.89. The molecule has 3 nitrogen and oxygen atoms in total. The molecule has 0 atom stereocenters. The fourth-order valence-electron chi connectivity index (χ4n) is 2.32. The molecule has 1 aliphatic heterocycles. The van der Waals surface area contributed by atoms with Crippen molar-refractivity contribution in [1.82, 2.24) is 0 Å². The van der Waals surface area contributed by atoms with Crippen LogP contribution in [-0.4, -0.2) is 17.4 Å². The van der Waals surface area contributed by atoms with Gasteiger partial charge in [0.05, 0.1) is 5.71 Å². The monoisotopic (exact) mass is 284 g/mol. The van der Waals surface area contributed by atoms with E-state index in [1.165, 1.54) is 5.57 Å². The lowest BCUT2D eigenvalue weighted by atomic mass is 10.0. The molecule has 4 heteroatoms. The van der Waals surface area contributed by atoms with Crippen LogP contribution in [0.2, 0.25) is 0 Å². The molecule has 1 aromatic rings. The van der Waals surface area contributed by atoms with Crippen LogP contribution in [0.15, 0.2) is 63.0 Å². The fraction of sp³-hybridized carbons (Fsp3) is 0.188. The summed E-state index contributed by atoms with van der Waals surface area (Å²) >= 11 is 1.69. The molecule has 1 aliphatic carbocycles. The number of thioether (sulfide) groups is 1. The molecular formula is C16H16N2OS. The zero-order valence-corrected chi connectivity index (χ0v) is 11.9. The molecule has 0 aromatic heterocycles. The van der Waals surface area contributed by atoms with Crippen LogP contribution in [0.1, 0.15) is 12.0 Å². The number of benzene rings is 1. The molecule has 1 heterocycles. The van der Waals surface area contributed by atoms with Gasteiger partial charge in [0.2, 0.25) is 0 Å². The minimum Gasteiger partial charge on any atom is -0.508 e. The first-order valence-electron chi connectivity index (χ1n) is 6.62. The number of allylic oxidation sites excluding steroid dienone is 4. The van der Waals surface area contributed by atoms with Crippen molar-refractivity contribution in [2.24, 2.45) is 10.7 Å². The van der Waals surface area contributed by atoms with Crippen LogP contribution >= 0.6 is 11.8 Å². The zero-order chi connectivity index (χ0) is 13.9. The number of rotatable bonds is 4. The Balaban J connectivity index is 1.86. The lowest BCUT2D eigenvalue weighted by molar-refractivity contribution is 0.474. The lowest BCUT2D eigenvalue weighted by Gasteiger charge is -2.12. The van der Waals surface area contributed by atoms with E-state index in [0.717, 1.165) is 33.9 Å². The van der Waals surface area contributed by atoms with Crippen LogP contribution in [0.4, 0.5) is 0 Å². The average Bonchev–Trinajstić information content (AvgIpc) is 2.86. The van der Waals surface area contributed by atoms with Crippen LogP contribution in [0.25, 0.3) is 0 Å². The predicted molar refractivity (Wildman–Crippen MR) is 84.1 cm³/mol. The van der Waals surface area contributed by atoms with E-state index in [2.05, 4.69) is 23.2 Å². The second-order valence-electron chi connectivity index (χ2n) is 4.71. The molecule has 3 rings (SSSR count). The number of fused-ring (bicyclic) bond motifs is 1. The standard InChI is InChI=1S/C16H16N2OS/c17-8-7-11-9-12(19)5-6-15(11)20-16-10-18-14-4-2-1-3-13(14)16/h1-3,5-6,9-10,19H,4,7-8,17H2. The Morgan fingerprint density at radius 3 is 3.10 bits per heavy atom. The van der Waals surface area contributed by atoms with Gasteiger partial charge in [0, 0.05) is 28.0 Å². The van der Waals surface area contributed by atoms with E-state index >= 15 is 0 Å². The van der Waals surface area contributed by atoms with Gasteiger partial charge in [-0.3, -0.25) is 4.99 Å². The molecule has 0 fully saturated rings. The first-order chi connectivity index (χ1) is 9.78. The Labute approximate surface area is 122 Å². The van der Waals surface area contributed by atoms with Gasteiger partial charge < -0.3 is 10.8 Å². The van der Waals surface area contributed by atoms with E-state index in [1.54, 1.807) is 23.9 Å². The molecule has 0 unspecified atom stereocenters. The molecule has 0 saturated carbocycles. The van der Waals surface area contributed by atoms with Gasteiger partial charge >= 0.3 is 0 Å². The number of nitrogens with zero attached hydrogens (tertiary/aromatic N) is 1. The Morgan fingerprint density at radius 1 is 1.35 bits per heavy atom. The molecule has 20 heavy (non-hydrogen) atoms. The summed E-state index contributed by atoms with van der Waals surface area (Å²) in [7, 11) is 0. The van der Waals surface area contributed by atoms with E-state index in [1.807, 2.05) is 12.3 Å². The van der Waals surface area contributed by atoms with Crippen molar-refractivity contribution in [2.45, 2.75) is 17.7 Å². The number of aromatic hydroxyl groups is 1. The van der Waals surface area contributed by atoms with E-state index in [4.69, 9.17) is 5.73 Å². The van der Waals surface area contributed by atoms with Gasteiger partial charge in [0.15, 0.2) is 0 Å². The third-order valence-electron chi connectivity index (χ3n) is 3.30. The minimum absolute atomic E-state index is 0.287. The highest BCUT2D eigenvalue weighted by Gasteiger charge is 2.19. The van der Waals surface area contributed by atoms with Crippen molar-refractivity contribution >= 4 is 17.5 Å². The minimum atomic E-state index is 0.287. The molecule has 3 N–H and O–H groups in total. The Hall–Kier alpha value is -1.78. The van der Waals surface area contributed by atoms with Crippen molar-refractivity contribution in [3.05, 3.63) is 58.7 Å². The van der Waals surface area contributed by atoms with Crippen LogP contribution in [0.3, 0.4) is 0 Å². The van der Waals surface area contributed by atoms with Crippen LogP contribution < -0.4 is 5.73 Å².